The number of rotatable bonds is 1. The summed E-state index contributed by atoms with van der Waals surface area (Å²) in [6.07, 6.45) is 2.88. The van der Waals surface area contributed by atoms with Crippen LogP contribution in [0.5, 0.6) is 0 Å². The Labute approximate surface area is 62.8 Å². The van der Waals surface area contributed by atoms with Gasteiger partial charge in [0.15, 0.2) is 0 Å². The molecule has 2 heteroatoms. The average Bonchev–Trinajstić information content (AvgIpc) is 2.71. The van der Waals surface area contributed by atoms with Crippen LogP contribution in [0.15, 0.2) is 0 Å². The van der Waals surface area contributed by atoms with Crippen molar-refractivity contribution >= 4 is 0 Å². The van der Waals surface area contributed by atoms with Gasteiger partial charge in [-0.1, -0.05) is 0 Å². The minimum Gasteiger partial charge on any atom is -0.300 e. The van der Waals surface area contributed by atoms with Crippen LogP contribution in [0.3, 0.4) is 0 Å². The molecule has 57 valence electrons. The van der Waals surface area contributed by atoms with Gasteiger partial charge in [0.05, 0.1) is 0 Å². The van der Waals surface area contributed by atoms with Crippen molar-refractivity contribution < 1.29 is 0 Å². The normalized spacial score (nSPS) is 30.9. The Bertz CT molecular complexity index is 112. The first kappa shape index (κ1) is 6.62. The Hall–Kier alpha value is -0.0800. The highest BCUT2D eigenvalue weighted by molar-refractivity contribution is 4.87. The van der Waals surface area contributed by atoms with Gasteiger partial charge in [-0.2, -0.15) is 0 Å². The monoisotopic (exact) mass is 139 g/mol. The molecule has 0 aromatic heterocycles. The molecule has 0 bridgehead atoms. The number of hydrogen-bond donors (Lipinski definition) is 0. The second-order valence-electron chi connectivity index (χ2n) is 3.39. The van der Waals surface area contributed by atoms with Crippen LogP contribution in [0.4, 0.5) is 0 Å². The molecule has 0 atom stereocenters. The highest BCUT2D eigenvalue weighted by Crippen LogP contribution is 2.27. The van der Waals surface area contributed by atoms with Crippen molar-refractivity contribution in [1.82, 2.24) is 9.80 Å². The van der Waals surface area contributed by atoms with Crippen molar-refractivity contribution in [3.63, 3.8) is 0 Å². The molecular formula is C8H15N2. The molecule has 2 nitrogen and oxygen atoms in total. The van der Waals surface area contributed by atoms with Crippen molar-refractivity contribution in [3.8, 4) is 0 Å². The minimum absolute atomic E-state index is 0.952. The van der Waals surface area contributed by atoms with Gasteiger partial charge < -0.3 is 0 Å². The molecule has 0 aromatic carbocycles. The quantitative estimate of drug-likeness (QED) is 0.523. The van der Waals surface area contributed by atoms with E-state index in [-0.39, 0.29) is 0 Å². The molecule has 1 aliphatic carbocycles. The standard InChI is InChI=1S/C8H15N2/c1-9-4-6-10(7-5-9)8-2-3-8/h8H,1-7H2. The van der Waals surface area contributed by atoms with E-state index in [9.17, 15) is 0 Å². The number of hydrogen-bond acceptors (Lipinski definition) is 2. The third kappa shape index (κ3) is 1.32. The van der Waals surface area contributed by atoms with Crippen molar-refractivity contribution in [1.29, 1.82) is 0 Å². The lowest BCUT2D eigenvalue weighted by Crippen LogP contribution is -2.44. The van der Waals surface area contributed by atoms with Crippen LogP contribution >= 0.6 is 0 Å². The van der Waals surface area contributed by atoms with E-state index < -0.39 is 0 Å². The first-order valence-corrected chi connectivity index (χ1v) is 4.16. The van der Waals surface area contributed by atoms with Gasteiger partial charge in [0.2, 0.25) is 0 Å². The summed E-state index contributed by atoms with van der Waals surface area (Å²) in [6.45, 7) is 4.81. The molecule has 1 radical (unpaired) electrons. The fraction of sp³-hybridized carbons (Fsp3) is 0.875. The molecule has 10 heavy (non-hydrogen) atoms. The highest BCUT2D eigenvalue weighted by atomic mass is 15.3. The summed E-state index contributed by atoms with van der Waals surface area (Å²) in [4.78, 5) is 4.76. The van der Waals surface area contributed by atoms with E-state index in [4.69, 9.17) is 0 Å². The summed E-state index contributed by atoms with van der Waals surface area (Å²) in [5, 5.41) is 0. The minimum atomic E-state index is 0.952. The van der Waals surface area contributed by atoms with Crippen LogP contribution in [0, 0.1) is 7.05 Å². The number of piperazine rings is 1. The lowest BCUT2D eigenvalue weighted by Gasteiger charge is -2.32. The summed E-state index contributed by atoms with van der Waals surface area (Å²) < 4.78 is 0. The molecule has 0 unspecified atom stereocenters. The van der Waals surface area contributed by atoms with E-state index in [2.05, 4.69) is 16.8 Å². The molecule has 1 saturated heterocycles. The predicted octanol–water partition coefficient (Wildman–Crippen LogP) is 0.558. The Morgan fingerprint density at radius 3 is 2.10 bits per heavy atom. The second kappa shape index (κ2) is 2.51. The molecule has 2 fully saturated rings. The van der Waals surface area contributed by atoms with Gasteiger partial charge >= 0.3 is 0 Å². The van der Waals surface area contributed by atoms with Crippen molar-refractivity contribution in [3.05, 3.63) is 7.05 Å². The zero-order chi connectivity index (χ0) is 6.97. The van der Waals surface area contributed by atoms with Crippen LogP contribution in [0.25, 0.3) is 0 Å². The van der Waals surface area contributed by atoms with Gasteiger partial charge in [0.1, 0.15) is 0 Å². The smallest absolute Gasteiger partial charge is 0.0113 e. The Kier molecular flexibility index (Phi) is 1.66. The molecule has 1 aliphatic heterocycles. The first-order valence-electron chi connectivity index (χ1n) is 4.16. The summed E-state index contributed by atoms with van der Waals surface area (Å²) in [7, 11) is 3.92. The van der Waals surface area contributed by atoms with Crippen molar-refractivity contribution in [2.75, 3.05) is 26.2 Å². The lowest BCUT2D eigenvalue weighted by atomic mass is 10.3. The van der Waals surface area contributed by atoms with Gasteiger partial charge in [-0.25, -0.2) is 0 Å². The van der Waals surface area contributed by atoms with Crippen molar-refractivity contribution in [2.24, 2.45) is 0 Å². The third-order valence-corrected chi connectivity index (χ3v) is 2.47. The van der Waals surface area contributed by atoms with Crippen LogP contribution in [-0.4, -0.2) is 42.0 Å². The van der Waals surface area contributed by atoms with E-state index in [0.717, 1.165) is 19.1 Å². The topological polar surface area (TPSA) is 6.48 Å². The lowest BCUT2D eigenvalue weighted by molar-refractivity contribution is 0.159. The third-order valence-electron chi connectivity index (χ3n) is 2.47. The summed E-state index contributed by atoms with van der Waals surface area (Å²) in [5.41, 5.74) is 0. The van der Waals surface area contributed by atoms with E-state index in [1.54, 1.807) is 0 Å². The van der Waals surface area contributed by atoms with Gasteiger partial charge in [0.25, 0.3) is 0 Å². The maximum absolute atomic E-state index is 3.92. The van der Waals surface area contributed by atoms with Gasteiger partial charge in [-0.05, 0) is 12.8 Å². The SMILES string of the molecule is [CH2]N1CCN(C2CC2)CC1. The van der Waals surface area contributed by atoms with Crippen LogP contribution < -0.4 is 0 Å². The van der Waals surface area contributed by atoms with Gasteiger partial charge in [-0.3, -0.25) is 9.80 Å². The summed E-state index contributed by atoms with van der Waals surface area (Å²) >= 11 is 0. The highest BCUT2D eigenvalue weighted by Gasteiger charge is 2.30. The van der Waals surface area contributed by atoms with E-state index in [1.807, 2.05) is 0 Å². The predicted molar refractivity (Wildman–Crippen MR) is 41.5 cm³/mol. The Balaban J connectivity index is 1.79. The molecule has 0 amide bonds. The second-order valence-corrected chi connectivity index (χ2v) is 3.39. The fourth-order valence-electron chi connectivity index (χ4n) is 1.57. The summed E-state index contributed by atoms with van der Waals surface area (Å²) in [6, 6.07) is 0.952. The van der Waals surface area contributed by atoms with E-state index in [0.29, 0.717) is 0 Å². The molecule has 2 aliphatic rings. The zero-order valence-electron chi connectivity index (χ0n) is 6.42. The summed E-state index contributed by atoms with van der Waals surface area (Å²) in [5.74, 6) is 0. The molecule has 0 spiro atoms. The van der Waals surface area contributed by atoms with Gasteiger partial charge in [0, 0.05) is 39.3 Å². The van der Waals surface area contributed by atoms with E-state index >= 15 is 0 Å². The maximum atomic E-state index is 3.92. The Morgan fingerprint density at radius 1 is 1.00 bits per heavy atom. The molecule has 1 heterocycles. The van der Waals surface area contributed by atoms with Crippen LogP contribution in [0.1, 0.15) is 12.8 Å². The first-order chi connectivity index (χ1) is 4.86. The molecule has 0 aromatic rings. The average molecular weight is 139 g/mol. The van der Waals surface area contributed by atoms with E-state index in [1.165, 1.54) is 25.9 Å². The largest absolute Gasteiger partial charge is 0.300 e. The van der Waals surface area contributed by atoms with Crippen molar-refractivity contribution in [2.45, 2.75) is 18.9 Å². The molecule has 0 N–H and O–H groups in total. The maximum Gasteiger partial charge on any atom is 0.0113 e. The zero-order valence-corrected chi connectivity index (χ0v) is 6.42. The molecule has 1 saturated carbocycles. The fourth-order valence-corrected chi connectivity index (χ4v) is 1.57. The molecular weight excluding hydrogens is 124 g/mol. The molecule has 2 rings (SSSR count). The number of nitrogens with zero attached hydrogens (tertiary/aromatic N) is 2. The Morgan fingerprint density at radius 2 is 1.60 bits per heavy atom. The van der Waals surface area contributed by atoms with Crippen LogP contribution in [0.2, 0.25) is 0 Å². The van der Waals surface area contributed by atoms with Crippen LogP contribution in [-0.2, 0) is 0 Å². The van der Waals surface area contributed by atoms with Gasteiger partial charge in [-0.15, -0.1) is 0 Å².